The van der Waals surface area contributed by atoms with E-state index < -0.39 is 29.3 Å². The molecule has 0 aliphatic carbocycles. The molecule has 0 unspecified atom stereocenters. The van der Waals surface area contributed by atoms with E-state index in [0.29, 0.717) is 24.1 Å². The first-order chi connectivity index (χ1) is 13.7. The first kappa shape index (κ1) is 20.7. The van der Waals surface area contributed by atoms with Gasteiger partial charge in [-0.05, 0) is 37.0 Å². The number of likely N-dealkylation sites (tertiary alicyclic amines) is 1. The highest BCUT2D eigenvalue weighted by atomic mass is 19.4. The van der Waals surface area contributed by atoms with Crippen molar-refractivity contribution in [3.8, 4) is 5.69 Å². The molecule has 0 bridgehead atoms. The number of nitrogens with zero attached hydrogens (tertiary/aromatic N) is 4. The Morgan fingerprint density at radius 1 is 1.24 bits per heavy atom. The van der Waals surface area contributed by atoms with Crippen LogP contribution in [-0.2, 0) is 11.0 Å². The summed E-state index contributed by atoms with van der Waals surface area (Å²) in [4.78, 5) is 25.0. The first-order valence-electron chi connectivity index (χ1n) is 8.99. The van der Waals surface area contributed by atoms with Gasteiger partial charge >= 0.3 is 6.18 Å². The molecule has 2 heterocycles. The summed E-state index contributed by atoms with van der Waals surface area (Å²) < 4.78 is 54.9. The Morgan fingerprint density at radius 2 is 1.93 bits per heavy atom. The minimum Gasteiger partial charge on any atom is -0.356 e. The van der Waals surface area contributed by atoms with E-state index in [1.807, 2.05) is 0 Å². The van der Waals surface area contributed by atoms with Crippen LogP contribution in [0.5, 0.6) is 0 Å². The number of carbonyl (C=O) groups excluding carboxylic acids is 2. The quantitative estimate of drug-likeness (QED) is 0.781. The highest BCUT2D eigenvalue weighted by Crippen LogP contribution is 2.33. The molecule has 1 aliphatic rings. The highest BCUT2D eigenvalue weighted by molar-refractivity contribution is 5.93. The smallest absolute Gasteiger partial charge is 0.356 e. The summed E-state index contributed by atoms with van der Waals surface area (Å²) in [5.74, 6) is -1.63. The number of benzene rings is 1. The average Bonchev–Trinajstić information content (AvgIpc) is 3.12. The van der Waals surface area contributed by atoms with Gasteiger partial charge in [0.05, 0.1) is 5.69 Å². The zero-order valence-corrected chi connectivity index (χ0v) is 15.5. The number of nitrogens with one attached hydrogen (secondary N) is 1. The van der Waals surface area contributed by atoms with Gasteiger partial charge in [0, 0.05) is 26.6 Å². The maximum atomic E-state index is 13.7. The van der Waals surface area contributed by atoms with E-state index in [2.05, 4.69) is 15.6 Å². The van der Waals surface area contributed by atoms with E-state index in [4.69, 9.17) is 0 Å². The molecule has 2 aromatic rings. The molecule has 0 radical (unpaired) electrons. The third-order valence-electron chi connectivity index (χ3n) is 4.74. The minimum absolute atomic E-state index is 0.146. The molecule has 1 saturated heterocycles. The first-order valence-corrected chi connectivity index (χ1v) is 8.99. The van der Waals surface area contributed by atoms with Gasteiger partial charge in [0.15, 0.2) is 11.4 Å². The summed E-state index contributed by atoms with van der Waals surface area (Å²) in [5.41, 5.74) is -2.34. The Labute approximate surface area is 163 Å². The molecular weight excluding hydrogens is 394 g/mol. The number of carbonyl (C=O) groups is 2. The van der Waals surface area contributed by atoms with Crippen molar-refractivity contribution in [1.29, 1.82) is 0 Å². The summed E-state index contributed by atoms with van der Waals surface area (Å²) >= 11 is 0. The summed E-state index contributed by atoms with van der Waals surface area (Å²) in [5, 5.41) is 9.62. The van der Waals surface area contributed by atoms with Gasteiger partial charge in [-0.25, -0.2) is 9.07 Å². The van der Waals surface area contributed by atoms with Crippen LogP contribution >= 0.6 is 0 Å². The molecule has 1 aliphatic heterocycles. The second-order valence-electron chi connectivity index (χ2n) is 6.85. The monoisotopic (exact) mass is 413 g/mol. The summed E-state index contributed by atoms with van der Waals surface area (Å²) in [7, 11) is 0. The van der Waals surface area contributed by atoms with Crippen molar-refractivity contribution in [3.63, 3.8) is 0 Å². The second-order valence-corrected chi connectivity index (χ2v) is 6.85. The molecule has 1 aromatic heterocycles. The molecule has 7 nitrogen and oxygen atoms in total. The fourth-order valence-corrected chi connectivity index (χ4v) is 3.25. The SMILES string of the molecule is CC(=O)NCC1CCN(C(=O)c2nnn(-c3cccc(F)c3)c2C(F)(F)F)CC1. The van der Waals surface area contributed by atoms with E-state index in [-0.39, 0.29) is 30.6 Å². The number of hydrogen-bond donors (Lipinski definition) is 1. The van der Waals surface area contributed by atoms with E-state index in [9.17, 15) is 27.2 Å². The number of alkyl halides is 3. The predicted octanol–water partition coefficient (Wildman–Crippen LogP) is 2.41. The number of amides is 2. The fraction of sp³-hybridized carbons (Fsp3) is 0.444. The van der Waals surface area contributed by atoms with Crippen LogP contribution in [0.1, 0.15) is 35.9 Å². The summed E-state index contributed by atoms with van der Waals surface area (Å²) in [6.07, 6.45) is -3.82. The molecular formula is C18H19F4N5O2. The Kier molecular flexibility index (Phi) is 5.85. The van der Waals surface area contributed by atoms with E-state index in [1.54, 1.807) is 0 Å². The van der Waals surface area contributed by atoms with Crippen molar-refractivity contribution in [1.82, 2.24) is 25.2 Å². The lowest BCUT2D eigenvalue weighted by Gasteiger charge is -2.31. The largest absolute Gasteiger partial charge is 0.435 e. The zero-order chi connectivity index (χ0) is 21.2. The topological polar surface area (TPSA) is 80.1 Å². The Hall–Kier alpha value is -2.98. The van der Waals surface area contributed by atoms with Gasteiger partial charge in [0.2, 0.25) is 5.91 Å². The normalized spacial score (nSPS) is 15.4. The number of rotatable bonds is 4. The van der Waals surface area contributed by atoms with Crippen LogP contribution in [0.3, 0.4) is 0 Å². The lowest BCUT2D eigenvalue weighted by atomic mass is 9.96. The minimum atomic E-state index is -4.91. The zero-order valence-electron chi connectivity index (χ0n) is 15.5. The van der Waals surface area contributed by atoms with Gasteiger partial charge in [-0.1, -0.05) is 11.3 Å². The molecule has 3 rings (SSSR count). The summed E-state index contributed by atoms with van der Waals surface area (Å²) in [6, 6.07) is 4.46. The Balaban J connectivity index is 1.82. The van der Waals surface area contributed by atoms with E-state index >= 15 is 0 Å². The van der Waals surface area contributed by atoms with Crippen molar-refractivity contribution >= 4 is 11.8 Å². The molecule has 11 heteroatoms. The van der Waals surface area contributed by atoms with E-state index in [0.717, 1.165) is 12.1 Å². The van der Waals surface area contributed by atoms with Crippen LogP contribution in [0.4, 0.5) is 17.6 Å². The van der Waals surface area contributed by atoms with E-state index in [1.165, 1.54) is 24.0 Å². The average molecular weight is 413 g/mol. The van der Waals surface area contributed by atoms with Gasteiger partial charge in [-0.15, -0.1) is 5.10 Å². The van der Waals surface area contributed by atoms with Crippen LogP contribution in [0.15, 0.2) is 24.3 Å². The van der Waals surface area contributed by atoms with Gasteiger partial charge in [-0.2, -0.15) is 13.2 Å². The predicted molar refractivity (Wildman–Crippen MR) is 93.6 cm³/mol. The standard InChI is InChI=1S/C18H19F4N5O2/c1-11(28)23-10-12-5-7-26(8-6-12)17(29)15-16(18(20,21)22)27(25-24-15)14-4-2-3-13(19)9-14/h2-4,9,12H,5-8,10H2,1H3,(H,23,28). The summed E-state index contributed by atoms with van der Waals surface area (Å²) in [6.45, 7) is 2.35. The van der Waals surface area contributed by atoms with Crippen molar-refractivity contribution in [2.24, 2.45) is 5.92 Å². The molecule has 2 amide bonds. The third-order valence-corrected chi connectivity index (χ3v) is 4.74. The lowest BCUT2D eigenvalue weighted by Crippen LogP contribution is -2.42. The maximum absolute atomic E-state index is 13.7. The van der Waals surface area contributed by atoms with Crippen molar-refractivity contribution < 1.29 is 27.2 Å². The number of aromatic nitrogens is 3. The van der Waals surface area contributed by atoms with Crippen molar-refractivity contribution in [2.45, 2.75) is 25.9 Å². The van der Waals surface area contributed by atoms with Crippen LogP contribution in [-0.4, -0.2) is 51.3 Å². The molecule has 1 fully saturated rings. The third kappa shape index (κ3) is 4.72. The molecule has 29 heavy (non-hydrogen) atoms. The number of hydrogen-bond acceptors (Lipinski definition) is 4. The van der Waals surface area contributed by atoms with Crippen molar-refractivity contribution in [3.05, 3.63) is 41.5 Å². The number of halogens is 4. The molecule has 1 aromatic carbocycles. The van der Waals surface area contributed by atoms with Gasteiger partial charge in [-0.3, -0.25) is 9.59 Å². The highest BCUT2D eigenvalue weighted by Gasteiger charge is 2.43. The maximum Gasteiger partial charge on any atom is 0.435 e. The molecule has 0 spiro atoms. The Bertz CT molecular complexity index is 904. The molecule has 1 N–H and O–H groups in total. The molecule has 0 atom stereocenters. The van der Waals surface area contributed by atoms with Crippen LogP contribution in [0, 0.1) is 11.7 Å². The van der Waals surface area contributed by atoms with Crippen molar-refractivity contribution in [2.75, 3.05) is 19.6 Å². The van der Waals surface area contributed by atoms with Gasteiger partial charge < -0.3 is 10.2 Å². The Morgan fingerprint density at radius 3 is 2.52 bits per heavy atom. The van der Waals surface area contributed by atoms with Gasteiger partial charge in [0.1, 0.15) is 5.82 Å². The molecule has 156 valence electrons. The fourth-order valence-electron chi connectivity index (χ4n) is 3.25. The van der Waals surface area contributed by atoms with Gasteiger partial charge in [0.25, 0.3) is 5.91 Å². The second kappa shape index (κ2) is 8.18. The number of piperidine rings is 1. The van der Waals surface area contributed by atoms with Crippen LogP contribution in [0.25, 0.3) is 5.69 Å². The van der Waals surface area contributed by atoms with Crippen LogP contribution < -0.4 is 5.32 Å². The lowest BCUT2D eigenvalue weighted by molar-refractivity contribution is -0.143. The van der Waals surface area contributed by atoms with Crippen LogP contribution in [0.2, 0.25) is 0 Å². The molecule has 0 saturated carbocycles.